The van der Waals surface area contributed by atoms with Gasteiger partial charge in [0.15, 0.2) is 0 Å². The average molecular weight is 404 g/mol. The minimum atomic E-state index is 0.0380. The zero-order valence-electron chi connectivity index (χ0n) is 17.5. The number of piperazine rings is 1. The number of rotatable bonds is 6. The fourth-order valence-electron chi connectivity index (χ4n) is 4.16. The number of aromatic hydroxyl groups is 1. The van der Waals surface area contributed by atoms with Gasteiger partial charge < -0.3 is 10.4 Å². The summed E-state index contributed by atoms with van der Waals surface area (Å²) in [4.78, 5) is 17.1. The maximum Gasteiger partial charge on any atom is 0.238 e. The van der Waals surface area contributed by atoms with Crippen molar-refractivity contribution < 1.29 is 9.90 Å². The summed E-state index contributed by atoms with van der Waals surface area (Å²) in [6, 6.07) is 19.9. The van der Waals surface area contributed by atoms with Crippen LogP contribution in [0.2, 0.25) is 0 Å². The number of aryl methyl sites for hydroxylation is 1. The van der Waals surface area contributed by atoms with E-state index in [0.717, 1.165) is 66.7 Å². The number of benzene rings is 3. The smallest absolute Gasteiger partial charge is 0.238 e. The third-order valence-electron chi connectivity index (χ3n) is 5.90. The zero-order chi connectivity index (χ0) is 20.9. The van der Waals surface area contributed by atoms with Crippen LogP contribution in [0, 0.1) is 0 Å². The molecule has 0 aromatic heterocycles. The van der Waals surface area contributed by atoms with Crippen LogP contribution in [0.25, 0.3) is 10.8 Å². The molecule has 30 heavy (non-hydrogen) atoms. The van der Waals surface area contributed by atoms with Crippen LogP contribution in [0.3, 0.4) is 0 Å². The largest absolute Gasteiger partial charge is 0.508 e. The van der Waals surface area contributed by atoms with Crippen LogP contribution >= 0.6 is 0 Å². The summed E-state index contributed by atoms with van der Waals surface area (Å²) in [7, 11) is 0. The van der Waals surface area contributed by atoms with Crippen molar-refractivity contribution in [2.75, 3.05) is 38.0 Å². The molecule has 1 aliphatic heterocycles. The van der Waals surface area contributed by atoms with Crippen LogP contribution in [0.5, 0.6) is 5.75 Å². The number of phenolic OH excluding ortho intramolecular Hbond substituents is 1. The molecule has 0 spiro atoms. The Morgan fingerprint density at radius 2 is 1.63 bits per heavy atom. The Morgan fingerprint density at radius 3 is 2.43 bits per heavy atom. The van der Waals surface area contributed by atoms with Crippen molar-refractivity contribution in [2.24, 2.45) is 0 Å². The molecule has 1 fully saturated rings. The molecule has 3 aromatic rings. The quantitative estimate of drug-likeness (QED) is 0.656. The Kier molecular flexibility index (Phi) is 6.31. The van der Waals surface area contributed by atoms with Crippen LogP contribution in [0.1, 0.15) is 18.1 Å². The summed E-state index contributed by atoms with van der Waals surface area (Å²) < 4.78 is 0. The molecule has 0 saturated carbocycles. The van der Waals surface area contributed by atoms with Crippen molar-refractivity contribution in [3.05, 3.63) is 71.8 Å². The van der Waals surface area contributed by atoms with E-state index in [-0.39, 0.29) is 5.91 Å². The van der Waals surface area contributed by atoms with Crippen LogP contribution < -0.4 is 5.32 Å². The van der Waals surface area contributed by atoms with Gasteiger partial charge in [-0.25, -0.2) is 0 Å². The van der Waals surface area contributed by atoms with Gasteiger partial charge in [0.05, 0.1) is 6.54 Å². The average Bonchev–Trinajstić information content (AvgIpc) is 2.77. The van der Waals surface area contributed by atoms with Gasteiger partial charge in [-0.05, 0) is 34.9 Å². The summed E-state index contributed by atoms with van der Waals surface area (Å²) in [5, 5.41) is 15.7. The van der Waals surface area contributed by atoms with Gasteiger partial charge in [0.25, 0.3) is 0 Å². The molecular formula is C25H29N3O2. The van der Waals surface area contributed by atoms with E-state index in [4.69, 9.17) is 0 Å². The van der Waals surface area contributed by atoms with E-state index in [9.17, 15) is 9.90 Å². The molecule has 2 N–H and O–H groups in total. The van der Waals surface area contributed by atoms with Gasteiger partial charge in [0.1, 0.15) is 5.75 Å². The first-order valence-electron chi connectivity index (χ1n) is 10.7. The third kappa shape index (κ3) is 4.64. The lowest BCUT2D eigenvalue weighted by Gasteiger charge is -2.34. The molecule has 1 heterocycles. The normalized spacial score (nSPS) is 15.4. The summed E-state index contributed by atoms with van der Waals surface area (Å²) in [5.41, 5.74) is 3.05. The number of amides is 1. The maximum atomic E-state index is 12.5. The number of hydrogen-bond acceptors (Lipinski definition) is 4. The Balaban J connectivity index is 1.32. The van der Waals surface area contributed by atoms with E-state index in [1.807, 2.05) is 36.4 Å². The van der Waals surface area contributed by atoms with Gasteiger partial charge >= 0.3 is 0 Å². The topological polar surface area (TPSA) is 55.8 Å². The van der Waals surface area contributed by atoms with E-state index in [1.54, 1.807) is 6.07 Å². The van der Waals surface area contributed by atoms with Crippen molar-refractivity contribution in [3.8, 4) is 5.75 Å². The minimum absolute atomic E-state index is 0.0380. The summed E-state index contributed by atoms with van der Waals surface area (Å²) in [6.07, 6.45) is 0.899. The number of para-hydroxylation sites is 1. The number of hydrogen-bond donors (Lipinski definition) is 2. The van der Waals surface area contributed by atoms with E-state index in [1.165, 1.54) is 0 Å². The molecule has 0 aliphatic carbocycles. The van der Waals surface area contributed by atoms with E-state index >= 15 is 0 Å². The molecule has 0 radical (unpaired) electrons. The molecule has 5 nitrogen and oxygen atoms in total. The number of anilines is 1. The second-order valence-electron chi connectivity index (χ2n) is 7.90. The highest BCUT2D eigenvalue weighted by atomic mass is 16.3. The van der Waals surface area contributed by atoms with Crippen LogP contribution in [-0.2, 0) is 17.8 Å². The standard InChI is InChI=1S/C25H29N3O2/c1-2-19-7-4-6-10-23(19)26-25(30)18-28-15-13-27(14-16-28)17-22-21-9-5-3-8-20(21)11-12-24(22)29/h3-12,29H,2,13-18H2,1H3,(H,26,30). The van der Waals surface area contributed by atoms with Crippen molar-refractivity contribution >= 4 is 22.4 Å². The molecule has 0 bridgehead atoms. The first kappa shape index (κ1) is 20.4. The second-order valence-corrected chi connectivity index (χ2v) is 7.90. The number of carbonyl (C=O) groups excluding carboxylic acids is 1. The van der Waals surface area contributed by atoms with E-state index < -0.39 is 0 Å². The number of nitrogens with one attached hydrogen (secondary N) is 1. The molecule has 1 aliphatic rings. The van der Waals surface area contributed by atoms with E-state index in [0.29, 0.717) is 12.3 Å². The van der Waals surface area contributed by atoms with E-state index in [2.05, 4.69) is 40.2 Å². The highest BCUT2D eigenvalue weighted by Gasteiger charge is 2.21. The lowest BCUT2D eigenvalue weighted by Crippen LogP contribution is -2.48. The van der Waals surface area contributed by atoms with Crippen molar-refractivity contribution in [3.63, 3.8) is 0 Å². The van der Waals surface area contributed by atoms with Crippen molar-refractivity contribution in [2.45, 2.75) is 19.9 Å². The fraction of sp³-hybridized carbons (Fsp3) is 0.320. The first-order chi connectivity index (χ1) is 14.6. The third-order valence-corrected chi connectivity index (χ3v) is 5.90. The predicted octanol–water partition coefficient (Wildman–Crippen LogP) is 3.86. The molecule has 0 unspecified atom stereocenters. The Bertz CT molecular complexity index is 1030. The number of carbonyl (C=O) groups is 1. The number of nitrogens with zero attached hydrogens (tertiary/aromatic N) is 2. The summed E-state index contributed by atoms with van der Waals surface area (Å²) in [5.74, 6) is 0.390. The molecule has 4 rings (SSSR count). The highest BCUT2D eigenvalue weighted by Crippen LogP contribution is 2.28. The van der Waals surface area contributed by atoms with Gasteiger partial charge in [0, 0.05) is 44.0 Å². The van der Waals surface area contributed by atoms with Gasteiger partial charge in [0.2, 0.25) is 5.91 Å². The molecule has 0 atom stereocenters. The van der Waals surface area contributed by atoms with Crippen molar-refractivity contribution in [1.29, 1.82) is 0 Å². The first-order valence-corrected chi connectivity index (χ1v) is 10.7. The predicted molar refractivity (Wildman–Crippen MR) is 122 cm³/mol. The van der Waals surface area contributed by atoms with Crippen molar-refractivity contribution in [1.82, 2.24) is 9.80 Å². The van der Waals surface area contributed by atoms with Crippen LogP contribution in [0.4, 0.5) is 5.69 Å². The molecular weight excluding hydrogens is 374 g/mol. The summed E-state index contributed by atoms with van der Waals surface area (Å²) >= 11 is 0. The number of fused-ring (bicyclic) bond motifs is 1. The molecule has 156 valence electrons. The van der Waals surface area contributed by atoms with Crippen LogP contribution in [-0.4, -0.2) is 53.5 Å². The van der Waals surface area contributed by atoms with Gasteiger partial charge in [-0.3, -0.25) is 14.6 Å². The van der Waals surface area contributed by atoms with Gasteiger partial charge in [-0.1, -0.05) is 55.5 Å². The lowest BCUT2D eigenvalue weighted by atomic mass is 10.0. The van der Waals surface area contributed by atoms with Crippen LogP contribution in [0.15, 0.2) is 60.7 Å². The molecule has 3 aromatic carbocycles. The molecule has 5 heteroatoms. The highest BCUT2D eigenvalue weighted by molar-refractivity contribution is 5.93. The minimum Gasteiger partial charge on any atom is -0.508 e. The Hall–Kier alpha value is -2.89. The summed E-state index contributed by atoms with van der Waals surface area (Å²) in [6.45, 7) is 6.66. The zero-order valence-corrected chi connectivity index (χ0v) is 17.5. The Morgan fingerprint density at radius 1 is 0.933 bits per heavy atom. The number of phenols is 1. The fourth-order valence-corrected chi connectivity index (χ4v) is 4.16. The molecule has 1 saturated heterocycles. The second kappa shape index (κ2) is 9.28. The monoisotopic (exact) mass is 403 g/mol. The lowest BCUT2D eigenvalue weighted by molar-refractivity contribution is -0.117. The van der Waals surface area contributed by atoms with Gasteiger partial charge in [-0.2, -0.15) is 0 Å². The molecule has 1 amide bonds. The SMILES string of the molecule is CCc1ccccc1NC(=O)CN1CCN(Cc2c(O)ccc3ccccc23)CC1. The van der Waals surface area contributed by atoms with Gasteiger partial charge in [-0.15, -0.1) is 0 Å². The maximum absolute atomic E-state index is 12.5. The Labute approximate surface area is 177 Å².